The first-order valence-corrected chi connectivity index (χ1v) is 8.66. The highest BCUT2D eigenvalue weighted by Gasteiger charge is 2.10. The number of ether oxygens (including phenoxy) is 3. The van der Waals surface area contributed by atoms with Crippen molar-refractivity contribution in [1.82, 2.24) is 10.9 Å². The van der Waals surface area contributed by atoms with Gasteiger partial charge in [0.05, 0.1) is 24.8 Å². The molecule has 0 saturated heterocycles. The predicted octanol–water partition coefficient (Wildman–Crippen LogP) is 2.47. The highest BCUT2D eigenvalue weighted by atomic mass is 35.5. The first kappa shape index (κ1) is 21.6. The summed E-state index contributed by atoms with van der Waals surface area (Å²) in [4.78, 5) is 23.7. The molecule has 0 unspecified atom stereocenters. The Balaban J connectivity index is 1.87. The van der Waals surface area contributed by atoms with Gasteiger partial charge in [0.1, 0.15) is 11.8 Å². The third-order valence-corrected chi connectivity index (χ3v) is 3.86. The fourth-order valence-corrected chi connectivity index (χ4v) is 2.54. The molecule has 2 amide bonds. The molecule has 0 aliphatic rings. The fraction of sp³-hybridized carbons (Fsp3) is 0.150. The van der Waals surface area contributed by atoms with E-state index < -0.39 is 11.8 Å². The molecule has 0 bridgehead atoms. The molecule has 29 heavy (non-hydrogen) atoms. The molecule has 0 heterocycles. The van der Waals surface area contributed by atoms with Gasteiger partial charge in [0.25, 0.3) is 11.8 Å². The third kappa shape index (κ3) is 6.16. The molecular weight excluding hydrogens is 398 g/mol. The third-order valence-electron chi connectivity index (χ3n) is 3.57. The molecule has 0 atom stereocenters. The number of halogens is 1. The van der Waals surface area contributed by atoms with Gasteiger partial charge in [-0.25, -0.2) is 0 Å². The topological polar surface area (TPSA) is 110 Å². The normalized spacial score (nSPS) is 10.1. The quantitative estimate of drug-likeness (QED) is 0.531. The number of nitriles is 1. The Morgan fingerprint density at radius 3 is 2.59 bits per heavy atom. The minimum atomic E-state index is -0.589. The molecule has 8 nitrogen and oxygen atoms in total. The van der Waals surface area contributed by atoms with Crippen molar-refractivity contribution >= 4 is 29.5 Å². The molecule has 9 heteroatoms. The standard InChI is InChI=1S/C20H18ClN3O5/c1-27-17-10-13(9-15(21)20(17)28-2)7-8-18(25)23-24-19(26)12-29-16-6-4-3-5-14(16)11-22/h3-10H,12H2,1-2H3,(H,23,25)(H,24,26)/b8-7+. The number of hydrogen-bond donors (Lipinski definition) is 2. The van der Waals surface area contributed by atoms with Gasteiger partial charge in [0.15, 0.2) is 18.1 Å². The number of nitrogens with zero attached hydrogens (tertiary/aromatic N) is 1. The molecule has 0 radical (unpaired) electrons. The summed E-state index contributed by atoms with van der Waals surface area (Å²) in [6.45, 7) is -0.367. The van der Waals surface area contributed by atoms with E-state index in [-0.39, 0.29) is 12.4 Å². The molecule has 0 aliphatic carbocycles. The second-order valence-electron chi connectivity index (χ2n) is 5.51. The Morgan fingerprint density at radius 2 is 1.90 bits per heavy atom. The summed E-state index contributed by atoms with van der Waals surface area (Å²) in [6, 6.07) is 11.7. The summed E-state index contributed by atoms with van der Waals surface area (Å²) in [7, 11) is 2.94. The zero-order chi connectivity index (χ0) is 21.2. The maximum atomic E-state index is 11.9. The second kappa shape index (κ2) is 10.6. The van der Waals surface area contributed by atoms with E-state index >= 15 is 0 Å². The molecule has 0 saturated carbocycles. The van der Waals surface area contributed by atoms with E-state index in [4.69, 9.17) is 31.1 Å². The van der Waals surface area contributed by atoms with Gasteiger partial charge in [-0.3, -0.25) is 20.4 Å². The van der Waals surface area contributed by atoms with Crippen LogP contribution in [0.1, 0.15) is 11.1 Å². The molecule has 0 spiro atoms. The minimum absolute atomic E-state index is 0.279. The molecular formula is C20H18ClN3O5. The maximum absolute atomic E-state index is 11.9. The van der Waals surface area contributed by atoms with Crippen molar-refractivity contribution in [3.8, 4) is 23.3 Å². The van der Waals surface area contributed by atoms with Crippen LogP contribution in [0.5, 0.6) is 17.2 Å². The molecule has 2 aromatic carbocycles. The predicted molar refractivity (Wildman–Crippen MR) is 107 cm³/mol. The van der Waals surface area contributed by atoms with Gasteiger partial charge in [-0.2, -0.15) is 5.26 Å². The number of rotatable bonds is 7. The first-order valence-electron chi connectivity index (χ1n) is 8.28. The highest BCUT2D eigenvalue weighted by Crippen LogP contribution is 2.36. The molecule has 2 N–H and O–H groups in total. The average Bonchev–Trinajstić information content (AvgIpc) is 2.74. The Kier molecular flexibility index (Phi) is 7.88. The zero-order valence-corrected chi connectivity index (χ0v) is 16.4. The van der Waals surface area contributed by atoms with E-state index in [1.807, 2.05) is 6.07 Å². The number of hydrazine groups is 1. The molecule has 0 fully saturated rings. The fourth-order valence-electron chi connectivity index (χ4n) is 2.24. The summed E-state index contributed by atoms with van der Waals surface area (Å²) in [6.07, 6.45) is 2.71. The Hall–Kier alpha value is -3.70. The van der Waals surface area contributed by atoms with Crippen LogP contribution in [0.3, 0.4) is 0 Å². The highest BCUT2D eigenvalue weighted by molar-refractivity contribution is 6.32. The lowest BCUT2D eigenvalue weighted by atomic mass is 10.2. The Labute approximate surface area is 172 Å². The number of para-hydroxylation sites is 1. The van der Waals surface area contributed by atoms with Crippen molar-refractivity contribution in [3.05, 3.63) is 58.6 Å². The molecule has 2 rings (SSSR count). The Morgan fingerprint density at radius 1 is 1.14 bits per heavy atom. The van der Waals surface area contributed by atoms with Crippen LogP contribution in [0.15, 0.2) is 42.5 Å². The van der Waals surface area contributed by atoms with Gasteiger partial charge in [0, 0.05) is 6.08 Å². The van der Waals surface area contributed by atoms with Gasteiger partial charge in [-0.15, -0.1) is 0 Å². The molecule has 0 aromatic heterocycles. The van der Waals surface area contributed by atoms with Crippen LogP contribution in [-0.4, -0.2) is 32.6 Å². The van der Waals surface area contributed by atoms with Crippen molar-refractivity contribution in [2.24, 2.45) is 0 Å². The SMILES string of the molecule is COc1cc(/C=C/C(=O)NNC(=O)COc2ccccc2C#N)cc(Cl)c1OC. The van der Waals surface area contributed by atoms with Gasteiger partial charge >= 0.3 is 0 Å². The summed E-state index contributed by atoms with van der Waals surface area (Å²) >= 11 is 6.11. The number of methoxy groups -OCH3 is 2. The van der Waals surface area contributed by atoms with Crippen LogP contribution in [0, 0.1) is 11.3 Å². The van der Waals surface area contributed by atoms with Crippen molar-refractivity contribution in [1.29, 1.82) is 5.26 Å². The maximum Gasteiger partial charge on any atom is 0.276 e. The Bertz CT molecular complexity index is 969. The lowest BCUT2D eigenvalue weighted by Crippen LogP contribution is -2.43. The number of benzene rings is 2. The van der Waals surface area contributed by atoms with Crippen LogP contribution in [0.25, 0.3) is 6.08 Å². The van der Waals surface area contributed by atoms with Gasteiger partial charge in [0.2, 0.25) is 0 Å². The van der Waals surface area contributed by atoms with E-state index in [2.05, 4.69) is 10.9 Å². The monoisotopic (exact) mass is 415 g/mol. The number of amides is 2. The summed E-state index contributed by atoms with van der Waals surface area (Å²) < 4.78 is 15.6. The summed E-state index contributed by atoms with van der Waals surface area (Å²) in [5.41, 5.74) is 5.34. The number of carbonyl (C=O) groups excluding carboxylic acids is 2. The van der Waals surface area contributed by atoms with Crippen LogP contribution < -0.4 is 25.1 Å². The number of nitrogens with one attached hydrogen (secondary N) is 2. The van der Waals surface area contributed by atoms with Crippen molar-refractivity contribution in [2.45, 2.75) is 0 Å². The van der Waals surface area contributed by atoms with E-state index in [0.717, 1.165) is 0 Å². The van der Waals surface area contributed by atoms with Crippen LogP contribution in [-0.2, 0) is 9.59 Å². The van der Waals surface area contributed by atoms with E-state index in [1.54, 1.807) is 36.4 Å². The summed E-state index contributed by atoms with van der Waals surface area (Å²) in [5, 5.41) is 9.30. The lowest BCUT2D eigenvalue weighted by Gasteiger charge is -2.10. The smallest absolute Gasteiger partial charge is 0.276 e. The van der Waals surface area contributed by atoms with Crippen LogP contribution in [0.4, 0.5) is 0 Å². The average molecular weight is 416 g/mol. The van der Waals surface area contributed by atoms with Crippen molar-refractivity contribution < 1.29 is 23.8 Å². The second-order valence-corrected chi connectivity index (χ2v) is 5.91. The van der Waals surface area contributed by atoms with Gasteiger partial charge < -0.3 is 14.2 Å². The summed E-state index contributed by atoms with van der Waals surface area (Å²) in [5.74, 6) is -0.0683. The molecule has 0 aliphatic heterocycles. The first-order chi connectivity index (χ1) is 14.0. The number of carbonyl (C=O) groups is 2. The zero-order valence-electron chi connectivity index (χ0n) is 15.7. The van der Waals surface area contributed by atoms with E-state index in [1.165, 1.54) is 26.4 Å². The number of hydrogen-bond acceptors (Lipinski definition) is 6. The largest absolute Gasteiger partial charge is 0.493 e. The van der Waals surface area contributed by atoms with Crippen LogP contribution >= 0.6 is 11.6 Å². The van der Waals surface area contributed by atoms with Crippen molar-refractivity contribution in [2.75, 3.05) is 20.8 Å². The van der Waals surface area contributed by atoms with Gasteiger partial charge in [-0.1, -0.05) is 23.7 Å². The lowest BCUT2D eigenvalue weighted by molar-refractivity contribution is -0.128. The molecule has 2 aromatic rings. The van der Waals surface area contributed by atoms with E-state index in [0.29, 0.717) is 27.6 Å². The minimum Gasteiger partial charge on any atom is -0.493 e. The molecule has 150 valence electrons. The van der Waals surface area contributed by atoms with Crippen molar-refractivity contribution in [3.63, 3.8) is 0 Å². The van der Waals surface area contributed by atoms with Crippen LogP contribution in [0.2, 0.25) is 5.02 Å². The van der Waals surface area contributed by atoms with Gasteiger partial charge in [-0.05, 0) is 35.9 Å². The van der Waals surface area contributed by atoms with E-state index in [9.17, 15) is 9.59 Å².